The number of hydrogen-bond acceptors (Lipinski definition) is 5. The van der Waals surface area contributed by atoms with Crippen molar-refractivity contribution in [1.29, 1.82) is 0 Å². The average Bonchev–Trinajstić information content (AvgIpc) is 2.51. The highest BCUT2D eigenvalue weighted by molar-refractivity contribution is 7.88. The highest BCUT2D eigenvalue weighted by Gasteiger charge is 2.16. The van der Waals surface area contributed by atoms with Crippen LogP contribution in [0.4, 0.5) is 9.02 Å². The Labute approximate surface area is 84.2 Å². The van der Waals surface area contributed by atoms with Gasteiger partial charge in [-0.05, 0) is 0 Å². The summed E-state index contributed by atoms with van der Waals surface area (Å²) in [6, 6.07) is 0. The molecule has 14 heavy (non-hydrogen) atoms. The van der Waals surface area contributed by atoms with E-state index < -0.39 is 14.4 Å². The maximum atomic E-state index is 12.4. The first-order valence-electron chi connectivity index (χ1n) is 3.64. The number of nitrogens with zero attached hydrogens (tertiary/aromatic N) is 1. The minimum absolute atomic E-state index is 0.0769. The lowest BCUT2D eigenvalue weighted by Gasteiger charge is -1.95. The van der Waals surface area contributed by atoms with Crippen molar-refractivity contribution in [2.24, 2.45) is 0 Å². The SMILES string of the molecule is CCC(=O)Nc1ncc(S(=O)(=O)F)s1. The van der Waals surface area contributed by atoms with Gasteiger partial charge in [0.25, 0.3) is 0 Å². The molecule has 0 saturated carbocycles. The smallest absolute Gasteiger partial charge is 0.302 e. The van der Waals surface area contributed by atoms with Gasteiger partial charge in [0.2, 0.25) is 5.91 Å². The Kier molecular flexibility index (Phi) is 3.17. The van der Waals surface area contributed by atoms with E-state index in [1.807, 2.05) is 0 Å². The Bertz CT molecular complexity index is 440. The number of carbonyl (C=O) groups excluding carboxylic acids is 1. The molecule has 0 aromatic carbocycles. The van der Waals surface area contributed by atoms with Crippen LogP contribution in [0.15, 0.2) is 10.4 Å². The summed E-state index contributed by atoms with van der Waals surface area (Å²) in [5, 5.41) is 2.40. The van der Waals surface area contributed by atoms with Crippen molar-refractivity contribution in [3.8, 4) is 0 Å². The van der Waals surface area contributed by atoms with E-state index in [0.717, 1.165) is 6.20 Å². The number of nitrogens with one attached hydrogen (secondary N) is 1. The largest absolute Gasteiger partial charge is 0.343 e. The molecule has 0 bridgehead atoms. The Morgan fingerprint density at radius 2 is 2.36 bits per heavy atom. The van der Waals surface area contributed by atoms with E-state index in [1.54, 1.807) is 6.92 Å². The van der Waals surface area contributed by atoms with Crippen molar-refractivity contribution < 1.29 is 17.1 Å². The lowest BCUT2D eigenvalue weighted by atomic mass is 10.5. The van der Waals surface area contributed by atoms with Crippen molar-refractivity contribution >= 4 is 32.6 Å². The molecule has 0 radical (unpaired) electrons. The van der Waals surface area contributed by atoms with E-state index in [-0.39, 0.29) is 17.5 Å². The molecular weight excluding hydrogens is 231 g/mol. The van der Waals surface area contributed by atoms with Crippen LogP contribution in [0.3, 0.4) is 0 Å². The Morgan fingerprint density at radius 1 is 1.71 bits per heavy atom. The second kappa shape index (κ2) is 4.01. The van der Waals surface area contributed by atoms with Crippen LogP contribution < -0.4 is 5.32 Å². The number of halogens is 1. The Hall–Kier alpha value is -1.02. The molecule has 1 N–H and O–H groups in total. The summed E-state index contributed by atoms with van der Waals surface area (Å²) in [7, 11) is -4.72. The molecule has 0 spiro atoms. The molecule has 1 heterocycles. The maximum Gasteiger partial charge on any atom is 0.343 e. The van der Waals surface area contributed by atoms with Crippen molar-refractivity contribution in [2.45, 2.75) is 17.6 Å². The molecular formula is C6H7FN2O3S2. The first-order chi connectivity index (χ1) is 6.43. The normalized spacial score (nSPS) is 11.3. The third kappa shape index (κ3) is 2.74. The van der Waals surface area contributed by atoms with Gasteiger partial charge in [-0.1, -0.05) is 22.1 Å². The average molecular weight is 238 g/mol. The second-order valence-electron chi connectivity index (χ2n) is 2.32. The molecule has 0 atom stereocenters. The minimum Gasteiger partial charge on any atom is -0.302 e. The number of carbonyl (C=O) groups is 1. The number of rotatable bonds is 3. The van der Waals surface area contributed by atoms with Gasteiger partial charge in [0.05, 0.1) is 6.20 Å². The molecule has 5 nitrogen and oxygen atoms in total. The van der Waals surface area contributed by atoms with Crippen LogP contribution >= 0.6 is 11.3 Å². The fraction of sp³-hybridized carbons (Fsp3) is 0.333. The minimum atomic E-state index is -4.72. The van der Waals surface area contributed by atoms with Crippen LogP contribution in [0.25, 0.3) is 0 Å². The van der Waals surface area contributed by atoms with E-state index in [2.05, 4.69) is 10.3 Å². The fourth-order valence-electron chi connectivity index (χ4n) is 0.637. The zero-order valence-corrected chi connectivity index (χ0v) is 8.78. The summed E-state index contributed by atoms with van der Waals surface area (Å²) in [5.41, 5.74) is 0. The zero-order valence-electron chi connectivity index (χ0n) is 7.15. The third-order valence-electron chi connectivity index (χ3n) is 1.29. The number of thiazole rings is 1. The highest BCUT2D eigenvalue weighted by atomic mass is 32.3. The van der Waals surface area contributed by atoms with Crippen LogP contribution in [0, 0.1) is 0 Å². The lowest BCUT2D eigenvalue weighted by molar-refractivity contribution is -0.115. The molecule has 0 saturated heterocycles. The van der Waals surface area contributed by atoms with Gasteiger partial charge in [-0.3, -0.25) is 4.79 Å². The number of aromatic nitrogens is 1. The molecule has 1 aromatic rings. The predicted octanol–water partition coefficient (Wildman–Crippen LogP) is 1.15. The summed E-state index contributed by atoms with van der Waals surface area (Å²) in [5.74, 6) is -0.304. The molecule has 0 aliphatic rings. The fourth-order valence-corrected chi connectivity index (χ4v) is 2.02. The summed E-state index contributed by atoms with van der Waals surface area (Å²) < 4.78 is 32.7. The van der Waals surface area contributed by atoms with Gasteiger partial charge >= 0.3 is 10.2 Å². The standard InChI is InChI=1S/C6H7FN2O3S2/c1-2-4(10)9-6-8-3-5(13-6)14(7,11)12/h3H,2H2,1H3,(H,8,9,10). The molecule has 0 aliphatic heterocycles. The van der Waals surface area contributed by atoms with Gasteiger partial charge < -0.3 is 5.32 Å². The van der Waals surface area contributed by atoms with Crippen molar-refractivity contribution in [3.05, 3.63) is 6.20 Å². The van der Waals surface area contributed by atoms with Gasteiger partial charge in [-0.15, -0.1) is 0 Å². The number of anilines is 1. The van der Waals surface area contributed by atoms with Crippen LogP contribution in [-0.2, 0) is 15.0 Å². The molecule has 0 fully saturated rings. The van der Waals surface area contributed by atoms with Crippen LogP contribution in [0.5, 0.6) is 0 Å². The number of hydrogen-bond donors (Lipinski definition) is 1. The van der Waals surface area contributed by atoms with Crippen molar-refractivity contribution in [1.82, 2.24) is 4.98 Å². The summed E-state index contributed by atoms with van der Waals surface area (Å²) in [6.07, 6.45) is 1.11. The number of amides is 1. The first-order valence-corrected chi connectivity index (χ1v) is 5.84. The molecule has 1 rings (SSSR count). The van der Waals surface area contributed by atoms with E-state index in [0.29, 0.717) is 11.3 Å². The van der Waals surface area contributed by atoms with Crippen molar-refractivity contribution in [3.63, 3.8) is 0 Å². The summed E-state index contributed by atoms with van der Waals surface area (Å²) >= 11 is 0.577. The lowest BCUT2D eigenvalue weighted by Crippen LogP contribution is -2.08. The van der Waals surface area contributed by atoms with Crippen LogP contribution in [-0.4, -0.2) is 19.3 Å². The topological polar surface area (TPSA) is 76.1 Å². The second-order valence-corrected chi connectivity index (χ2v) is 4.93. The van der Waals surface area contributed by atoms with Gasteiger partial charge in [-0.25, -0.2) is 4.98 Å². The van der Waals surface area contributed by atoms with E-state index in [9.17, 15) is 17.1 Å². The van der Waals surface area contributed by atoms with Crippen molar-refractivity contribution in [2.75, 3.05) is 5.32 Å². The monoisotopic (exact) mass is 238 g/mol. The first kappa shape index (κ1) is 11.1. The van der Waals surface area contributed by atoms with Crippen LogP contribution in [0.1, 0.15) is 13.3 Å². The Balaban J connectivity index is 2.84. The van der Waals surface area contributed by atoms with Gasteiger partial charge in [0, 0.05) is 6.42 Å². The van der Waals surface area contributed by atoms with Gasteiger partial charge in [-0.2, -0.15) is 8.42 Å². The van der Waals surface area contributed by atoms with Crippen LogP contribution in [0.2, 0.25) is 0 Å². The Morgan fingerprint density at radius 3 is 2.79 bits per heavy atom. The van der Waals surface area contributed by atoms with Gasteiger partial charge in [0.15, 0.2) is 9.34 Å². The highest BCUT2D eigenvalue weighted by Crippen LogP contribution is 2.24. The molecule has 0 aliphatic carbocycles. The van der Waals surface area contributed by atoms with Gasteiger partial charge in [0.1, 0.15) is 0 Å². The molecule has 1 amide bonds. The molecule has 0 unspecified atom stereocenters. The van der Waals surface area contributed by atoms with E-state index in [4.69, 9.17) is 0 Å². The van der Waals surface area contributed by atoms with E-state index >= 15 is 0 Å². The van der Waals surface area contributed by atoms with E-state index in [1.165, 1.54) is 0 Å². The maximum absolute atomic E-state index is 12.4. The molecule has 1 aromatic heterocycles. The quantitative estimate of drug-likeness (QED) is 0.801. The molecule has 78 valence electrons. The predicted molar refractivity (Wildman–Crippen MR) is 49.3 cm³/mol. The third-order valence-corrected chi connectivity index (χ3v) is 3.43. The summed E-state index contributed by atoms with van der Waals surface area (Å²) in [4.78, 5) is 14.4. The zero-order chi connectivity index (χ0) is 10.8. The summed E-state index contributed by atoms with van der Waals surface area (Å²) in [6.45, 7) is 1.63. The molecule has 8 heteroatoms.